The van der Waals surface area contributed by atoms with Crippen molar-refractivity contribution in [3.05, 3.63) is 36.0 Å². The number of rotatable bonds is 3. The number of nitrogens with zero attached hydrogens (tertiary/aromatic N) is 4. The Labute approximate surface area is 143 Å². The van der Waals surface area contributed by atoms with Crippen LogP contribution in [0.2, 0.25) is 0 Å². The van der Waals surface area contributed by atoms with Gasteiger partial charge in [-0.2, -0.15) is 0 Å². The Balaban J connectivity index is 1.36. The molecule has 3 heterocycles. The molecule has 2 aromatic rings. The maximum Gasteiger partial charge on any atom is 0.227 e. The zero-order valence-electron chi connectivity index (χ0n) is 14.6. The first-order chi connectivity index (χ1) is 11.6. The molecule has 1 aromatic carbocycles. The van der Waals surface area contributed by atoms with Crippen molar-refractivity contribution in [2.75, 3.05) is 46.3 Å². The Kier molecular flexibility index (Phi) is 4.06. The first-order valence-corrected chi connectivity index (χ1v) is 8.85. The summed E-state index contributed by atoms with van der Waals surface area (Å²) in [7, 11) is 4.22. The van der Waals surface area contributed by atoms with Crippen LogP contribution >= 0.6 is 0 Å². The topological polar surface area (TPSA) is 31.7 Å². The summed E-state index contributed by atoms with van der Waals surface area (Å²) in [6.45, 7) is 6.33. The molecule has 2 aliphatic rings. The Morgan fingerprint density at radius 3 is 2.54 bits per heavy atom. The molecule has 1 aromatic heterocycles. The SMILES string of the molecule is CN1CCN(C2CN(C(=O)Cc3cn(C)c4ccccc34)C2)CC1. The number of aryl methyl sites for hydroxylation is 1. The predicted octanol–water partition coefficient (Wildman–Crippen LogP) is 1.18. The lowest BCUT2D eigenvalue weighted by molar-refractivity contribution is -0.138. The lowest BCUT2D eigenvalue weighted by Crippen LogP contribution is -2.64. The van der Waals surface area contributed by atoms with E-state index in [2.05, 4.69) is 39.7 Å². The van der Waals surface area contributed by atoms with Gasteiger partial charge >= 0.3 is 0 Å². The molecule has 0 unspecified atom stereocenters. The summed E-state index contributed by atoms with van der Waals surface area (Å²) in [5.41, 5.74) is 2.33. The normalized spacial score (nSPS) is 20.5. The number of carbonyl (C=O) groups excluding carboxylic acids is 1. The summed E-state index contributed by atoms with van der Waals surface area (Å²) >= 11 is 0. The Morgan fingerprint density at radius 1 is 1.08 bits per heavy atom. The third-order valence-electron chi connectivity index (χ3n) is 5.59. The molecule has 0 radical (unpaired) electrons. The van der Waals surface area contributed by atoms with E-state index >= 15 is 0 Å². The van der Waals surface area contributed by atoms with Crippen molar-refractivity contribution in [1.29, 1.82) is 0 Å². The van der Waals surface area contributed by atoms with E-state index in [-0.39, 0.29) is 5.91 Å². The van der Waals surface area contributed by atoms with E-state index in [0.717, 1.165) is 44.8 Å². The summed E-state index contributed by atoms with van der Waals surface area (Å²) in [5.74, 6) is 0.261. The largest absolute Gasteiger partial charge is 0.350 e. The average molecular weight is 326 g/mol. The lowest BCUT2D eigenvalue weighted by Gasteiger charge is -2.47. The van der Waals surface area contributed by atoms with Gasteiger partial charge in [0.05, 0.1) is 6.42 Å². The number of para-hydroxylation sites is 1. The molecule has 5 heteroatoms. The number of fused-ring (bicyclic) bond motifs is 1. The number of benzene rings is 1. The molecule has 0 aliphatic carbocycles. The fourth-order valence-corrected chi connectivity index (χ4v) is 3.92. The number of likely N-dealkylation sites (tertiary alicyclic amines) is 1. The summed E-state index contributed by atoms with van der Waals surface area (Å²) in [4.78, 5) is 19.6. The van der Waals surface area contributed by atoms with Crippen molar-refractivity contribution < 1.29 is 4.79 Å². The second kappa shape index (κ2) is 6.22. The fraction of sp³-hybridized carbons (Fsp3) is 0.526. The van der Waals surface area contributed by atoms with Gasteiger partial charge < -0.3 is 14.4 Å². The summed E-state index contributed by atoms with van der Waals surface area (Å²) in [6.07, 6.45) is 2.61. The van der Waals surface area contributed by atoms with E-state index < -0.39 is 0 Å². The molecule has 0 saturated carbocycles. The fourth-order valence-electron chi connectivity index (χ4n) is 3.92. The van der Waals surface area contributed by atoms with Crippen molar-refractivity contribution in [2.45, 2.75) is 12.5 Å². The minimum absolute atomic E-state index is 0.261. The maximum atomic E-state index is 12.6. The molecular weight excluding hydrogens is 300 g/mol. The molecular formula is C19H26N4O. The zero-order chi connectivity index (χ0) is 16.7. The Morgan fingerprint density at radius 2 is 1.79 bits per heavy atom. The van der Waals surface area contributed by atoms with Crippen molar-refractivity contribution in [3.63, 3.8) is 0 Å². The van der Waals surface area contributed by atoms with E-state index in [1.807, 2.05) is 24.1 Å². The zero-order valence-corrected chi connectivity index (χ0v) is 14.6. The van der Waals surface area contributed by atoms with Gasteiger partial charge in [0.1, 0.15) is 0 Å². The van der Waals surface area contributed by atoms with Crippen LogP contribution in [-0.4, -0.2) is 77.5 Å². The molecule has 2 saturated heterocycles. The van der Waals surface area contributed by atoms with Gasteiger partial charge in [0, 0.05) is 69.5 Å². The predicted molar refractivity (Wildman–Crippen MR) is 96.1 cm³/mol. The van der Waals surface area contributed by atoms with Crippen LogP contribution in [0, 0.1) is 0 Å². The second-order valence-electron chi connectivity index (χ2n) is 7.25. The average Bonchev–Trinajstić information content (AvgIpc) is 2.84. The number of hydrogen-bond donors (Lipinski definition) is 0. The first-order valence-electron chi connectivity index (χ1n) is 8.85. The quantitative estimate of drug-likeness (QED) is 0.849. The van der Waals surface area contributed by atoms with Crippen LogP contribution in [0.25, 0.3) is 10.9 Å². The molecule has 128 valence electrons. The van der Waals surface area contributed by atoms with E-state index in [9.17, 15) is 4.79 Å². The van der Waals surface area contributed by atoms with Gasteiger partial charge in [-0.15, -0.1) is 0 Å². The molecule has 0 N–H and O–H groups in total. The molecule has 0 bridgehead atoms. The first kappa shape index (κ1) is 15.7. The highest BCUT2D eigenvalue weighted by Gasteiger charge is 2.35. The van der Waals surface area contributed by atoms with Crippen molar-refractivity contribution >= 4 is 16.8 Å². The second-order valence-corrected chi connectivity index (χ2v) is 7.25. The molecule has 0 spiro atoms. The minimum Gasteiger partial charge on any atom is -0.350 e. The van der Waals surface area contributed by atoms with E-state index in [0.29, 0.717) is 12.5 Å². The minimum atomic E-state index is 0.261. The number of likely N-dealkylation sites (N-methyl/N-ethyl adjacent to an activating group) is 1. The smallest absolute Gasteiger partial charge is 0.227 e. The van der Waals surface area contributed by atoms with Crippen molar-refractivity contribution in [2.24, 2.45) is 7.05 Å². The van der Waals surface area contributed by atoms with Gasteiger partial charge in [-0.05, 0) is 18.7 Å². The van der Waals surface area contributed by atoms with Crippen molar-refractivity contribution in [3.8, 4) is 0 Å². The molecule has 2 fully saturated rings. The lowest BCUT2D eigenvalue weighted by atomic mass is 10.0. The third-order valence-corrected chi connectivity index (χ3v) is 5.59. The Bertz CT molecular complexity index is 739. The van der Waals surface area contributed by atoms with Gasteiger partial charge in [-0.3, -0.25) is 9.69 Å². The van der Waals surface area contributed by atoms with Crippen molar-refractivity contribution in [1.82, 2.24) is 19.3 Å². The van der Waals surface area contributed by atoms with Crippen LogP contribution in [0.3, 0.4) is 0 Å². The van der Waals surface area contributed by atoms with Gasteiger partial charge in [0.15, 0.2) is 0 Å². The van der Waals surface area contributed by atoms with E-state index in [1.165, 1.54) is 10.9 Å². The molecule has 24 heavy (non-hydrogen) atoms. The van der Waals surface area contributed by atoms with E-state index in [4.69, 9.17) is 0 Å². The van der Waals surface area contributed by atoms with Crippen LogP contribution in [0.15, 0.2) is 30.5 Å². The number of aromatic nitrogens is 1. The highest BCUT2D eigenvalue weighted by Crippen LogP contribution is 2.23. The number of piperazine rings is 1. The van der Waals surface area contributed by atoms with Crippen LogP contribution in [0.4, 0.5) is 0 Å². The highest BCUT2D eigenvalue weighted by atomic mass is 16.2. The maximum absolute atomic E-state index is 12.6. The monoisotopic (exact) mass is 326 g/mol. The van der Waals surface area contributed by atoms with Crippen LogP contribution in [0.5, 0.6) is 0 Å². The standard InChI is InChI=1S/C19H26N4O/c1-20-7-9-22(10-8-20)16-13-23(14-16)19(24)11-15-12-21(2)18-6-4-3-5-17(15)18/h3-6,12,16H,7-11,13-14H2,1-2H3. The van der Waals surface area contributed by atoms with E-state index in [1.54, 1.807) is 0 Å². The van der Waals surface area contributed by atoms with Gasteiger partial charge in [-0.1, -0.05) is 18.2 Å². The summed E-state index contributed by atoms with van der Waals surface area (Å²) < 4.78 is 2.11. The summed E-state index contributed by atoms with van der Waals surface area (Å²) in [6, 6.07) is 8.88. The summed E-state index contributed by atoms with van der Waals surface area (Å²) in [5, 5.41) is 1.20. The number of amides is 1. The van der Waals surface area contributed by atoms with Gasteiger partial charge in [-0.25, -0.2) is 0 Å². The number of carbonyl (C=O) groups is 1. The van der Waals surface area contributed by atoms with Gasteiger partial charge in [0.2, 0.25) is 5.91 Å². The molecule has 2 aliphatic heterocycles. The molecule has 1 amide bonds. The molecule has 0 atom stereocenters. The Hall–Kier alpha value is -1.85. The van der Waals surface area contributed by atoms with Gasteiger partial charge in [0.25, 0.3) is 0 Å². The van der Waals surface area contributed by atoms with Crippen LogP contribution in [-0.2, 0) is 18.3 Å². The number of hydrogen-bond acceptors (Lipinski definition) is 3. The molecule has 4 rings (SSSR count). The third kappa shape index (κ3) is 2.82. The molecule has 5 nitrogen and oxygen atoms in total. The highest BCUT2D eigenvalue weighted by molar-refractivity contribution is 5.89. The van der Waals surface area contributed by atoms with Crippen LogP contribution < -0.4 is 0 Å². The van der Waals surface area contributed by atoms with Crippen LogP contribution in [0.1, 0.15) is 5.56 Å².